The molecular weight excluding hydrogens is 614 g/mol. The van der Waals surface area contributed by atoms with Crippen LogP contribution in [0.4, 0.5) is 0 Å². The Hall–Kier alpha value is -4.68. The molecule has 2 fully saturated rings. The van der Waals surface area contributed by atoms with E-state index >= 15 is 0 Å². The van der Waals surface area contributed by atoms with Gasteiger partial charge in [-0.05, 0) is 49.0 Å². The number of hydrogen-bond acceptors (Lipinski definition) is 8. The zero-order chi connectivity index (χ0) is 35.0. The molecule has 0 unspecified atom stereocenters. The second kappa shape index (κ2) is 15.9. The second-order valence-electron chi connectivity index (χ2n) is 13.8. The standard InChI is InChI=1S/C35H47N7O6/c1-6-11-25(29(44)33(47)39-21(2)22-12-8-7-9-13-22)40-32(46)28-24-15-10-14-23(24)20-42(28)34(48)30(35(3,4)5)41-27(43)19-38-31(45)26-18-36-16-17-37-26/h7-9,12-13,16-18,21,23-25,28,30H,6,10-11,14-15,19-20H2,1-5H3,(H,38,45)(H,39,47)(H,40,46)(H,41,43)/t21-,23-,24-,25-,28-,30+/m0/s1. The summed E-state index contributed by atoms with van der Waals surface area (Å²) in [5.41, 5.74) is 0.152. The molecule has 1 aromatic heterocycles. The van der Waals surface area contributed by atoms with Crippen LogP contribution in [0.25, 0.3) is 0 Å². The van der Waals surface area contributed by atoms with Gasteiger partial charge in [-0.3, -0.25) is 33.8 Å². The Morgan fingerprint density at radius 3 is 2.35 bits per heavy atom. The van der Waals surface area contributed by atoms with Crippen LogP contribution in [0.5, 0.6) is 0 Å². The molecule has 1 saturated carbocycles. The Labute approximate surface area is 281 Å². The van der Waals surface area contributed by atoms with E-state index in [1.165, 1.54) is 23.5 Å². The first-order valence-electron chi connectivity index (χ1n) is 16.7. The Balaban J connectivity index is 1.47. The van der Waals surface area contributed by atoms with Crippen LogP contribution in [0.1, 0.15) is 88.8 Å². The molecule has 2 heterocycles. The third kappa shape index (κ3) is 8.81. The summed E-state index contributed by atoms with van der Waals surface area (Å²) in [7, 11) is 0. The SMILES string of the molecule is CCC[C@H](NC(=O)[C@@H]1[C@H]2CCC[C@H]2CN1C(=O)[C@@H](NC(=O)CNC(=O)c1cnccn1)C(C)(C)C)C(=O)C(=O)N[C@@H](C)c1ccccc1. The van der Waals surface area contributed by atoms with Gasteiger partial charge in [0.15, 0.2) is 0 Å². The van der Waals surface area contributed by atoms with E-state index in [1.807, 2.05) is 58.0 Å². The zero-order valence-electron chi connectivity index (χ0n) is 28.3. The van der Waals surface area contributed by atoms with Gasteiger partial charge in [0.1, 0.15) is 17.8 Å². The summed E-state index contributed by atoms with van der Waals surface area (Å²) in [5, 5.41) is 10.8. The van der Waals surface area contributed by atoms with E-state index in [-0.39, 0.29) is 24.0 Å². The molecule has 6 atom stereocenters. The highest BCUT2D eigenvalue weighted by molar-refractivity contribution is 6.38. The highest BCUT2D eigenvalue weighted by Gasteiger charge is 2.52. The van der Waals surface area contributed by atoms with Crippen LogP contribution in [-0.2, 0) is 24.0 Å². The van der Waals surface area contributed by atoms with Crippen molar-refractivity contribution in [3.63, 3.8) is 0 Å². The lowest BCUT2D eigenvalue weighted by Gasteiger charge is -2.36. The fraction of sp³-hybridized carbons (Fsp3) is 0.543. The predicted octanol–water partition coefficient (Wildman–Crippen LogP) is 2.10. The molecule has 48 heavy (non-hydrogen) atoms. The molecular formula is C35H47N7O6. The summed E-state index contributed by atoms with van der Waals surface area (Å²) in [4.78, 5) is 89.3. The minimum Gasteiger partial charge on any atom is -0.344 e. The topological polar surface area (TPSA) is 180 Å². The molecule has 4 N–H and O–H groups in total. The van der Waals surface area contributed by atoms with Gasteiger partial charge in [0.2, 0.25) is 23.5 Å². The summed E-state index contributed by atoms with van der Waals surface area (Å²) in [6, 6.07) is 5.93. The molecule has 0 spiro atoms. The first-order valence-corrected chi connectivity index (χ1v) is 16.7. The quantitative estimate of drug-likeness (QED) is 0.236. The number of fused-ring (bicyclic) bond motifs is 1. The fourth-order valence-electron chi connectivity index (χ4n) is 6.63. The lowest BCUT2D eigenvalue weighted by Crippen LogP contribution is -2.60. The molecule has 5 amide bonds. The molecule has 4 rings (SSSR count). The Morgan fingerprint density at radius 2 is 1.71 bits per heavy atom. The van der Waals surface area contributed by atoms with Gasteiger partial charge < -0.3 is 26.2 Å². The highest BCUT2D eigenvalue weighted by Crippen LogP contribution is 2.43. The van der Waals surface area contributed by atoms with Crippen LogP contribution < -0.4 is 21.3 Å². The van der Waals surface area contributed by atoms with Crippen LogP contribution >= 0.6 is 0 Å². The minimum absolute atomic E-state index is 0.0502. The molecule has 1 saturated heterocycles. The summed E-state index contributed by atoms with van der Waals surface area (Å²) >= 11 is 0. The number of likely N-dealkylation sites (tertiary alicyclic amines) is 1. The monoisotopic (exact) mass is 661 g/mol. The van der Waals surface area contributed by atoms with Crippen LogP contribution in [0.15, 0.2) is 48.9 Å². The number of hydrogen-bond donors (Lipinski definition) is 4. The average molecular weight is 662 g/mol. The molecule has 1 aliphatic heterocycles. The normalized spacial score (nSPS) is 20.5. The summed E-state index contributed by atoms with van der Waals surface area (Å²) in [6.45, 7) is 9.03. The van der Waals surface area contributed by atoms with Gasteiger partial charge in [-0.2, -0.15) is 0 Å². The third-order valence-corrected chi connectivity index (χ3v) is 9.15. The number of Topliss-reactive ketones (excluding diaryl/α,β-unsaturated/α-hetero) is 1. The number of amides is 5. The van der Waals surface area contributed by atoms with E-state index < -0.39 is 71.4 Å². The molecule has 13 heteroatoms. The number of ketones is 1. The Kier molecular flexibility index (Phi) is 12.0. The van der Waals surface area contributed by atoms with Crippen LogP contribution in [0.2, 0.25) is 0 Å². The Morgan fingerprint density at radius 1 is 0.979 bits per heavy atom. The molecule has 2 aliphatic rings. The lowest BCUT2D eigenvalue weighted by molar-refractivity contribution is -0.146. The van der Waals surface area contributed by atoms with Crippen molar-refractivity contribution in [3.8, 4) is 0 Å². The molecule has 258 valence electrons. The lowest BCUT2D eigenvalue weighted by atomic mass is 9.85. The smallest absolute Gasteiger partial charge is 0.290 e. The largest absolute Gasteiger partial charge is 0.344 e. The Bertz CT molecular complexity index is 1480. The number of rotatable bonds is 13. The molecule has 13 nitrogen and oxygen atoms in total. The second-order valence-corrected chi connectivity index (χ2v) is 13.8. The number of aromatic nitrogens is 2. The fourth-order valence-corrected chi connectivity index (χ4v) is 6.63. The molecule has 1 aromatic carbocycles. The van der Waals surface area contributed by atoms with Gasteiger partial charge in [0.05, 0.1) is 24.8 Å². The maximum absolute atomic E-state index is 14.2. The van der Waals surface area contributed by atoms with E-state index in [0.717, 1.165) is 24.8 Å². The van der Waals surface area contributed by atoms with Crippen molar-refractivity contribution >= 4 is 35.3 Å². The van der Waals surface area contributed by atoms with Gasteiger partial charge in [-0.15, -0.1) is 0 Å². The zero-order valence-corrected chi connectivity index (χ0v) is 28.3. The number of nitrogens with zero attached hydrogens (tertiary/aromatic N) is 3. The van der Waals surface area contributed by atoms with Crippen molar-refractivity contribution in [3.05, 3.63) is 60.2 Å². The third-order valence-electron chi connectivity index (χ3n) is 9.15. The first kappa shape index (κ1) is 36.2. The minimum atomic E-state index is -1.06. The van der Waals surface area contributed by atoms with Gasteiger partial charge >= 0.3 is 0 Å². The predicted molar refractivity (Wildman–Crippen MR) is 177 cm³/mol. The number of benzene rings is 1. The van der Waals surface area contributed by atoms with Crippen molar-refractivity contribution in [1.82, 2.24) is 36.1 Å². The van der Waals surface area contributed by atoms with Gasteiger partial charge in [-0.1, -0.05) is 70.9 Å². The number of nitrogens with one attached hydrogen (secondary N) is 4. The van der Waals surface area contributed by atoms with Crippen molar-refractivity contribution in [2.45, 2.75) is 90.9 Å². The van der Waals surface area contributed by atoms with Crippen molar-refractivity contribution in [1.29, 1.82) is 0 Å². The highest BCUT2D eigenvalue weighted by atomic mass is 16.2. The van der Waals surface area contributed by atoms with Crippen molar-refractivity contribution in [2.75, 3.05) is 13.1 Å². The van der Waals surface area contributed by atoms with E-state index in [4.69, 9.17) is 0 Å². The van der Waals surface area contributed by atoms with E-state index in [1.54, 1.807) is 6.92 Å². The summed E-state index contributed by atoms with van der Waals surface area (Å²) < 4.78 is 0. The van der Waals surface area contributed by atoms with Crippen molar-refractivity contribution in [2.24, 2.45) is 17.3 Å². The van der Waals surface area contributed by atoms with E-state index in [2.05, 4.69) is 31.2 Å². The molecule has 1 aliphatic carbocycles. The summed E-state index contributed by atoms with van der Waals surface area (Å²) in [5.74, 6) is -3.60. The van der Waals surface area contributed by atoms with Gasteiger partial charge in [0.25, 0.3) is 11.8 Å². The average Bonchev–Trinajstić information content (AvgIpc) is 3.67. The summed E-state index contributed by atoms with van der Waals surface area (Å²) in [6.07, 6.45) is 7.39. The van der Waals surface area contributed by atoms with Crippen LogP contribution in [0.3, 0.4) is 0 Å². The van der Waals surface area contributed by atoms with E-state index in [9.17, 15) is 28.8 Å². The van der Waals surface area contributed by atoms with Gasteiger partial charge in [-0.25, -0.2) is 4.98 Å². The number of carbonyl (C=O) groups is 6. The molecule has 0 bridgehead atoms. The van der Waals surface area contributed by atoms with Crippen molar-refractivity contribution < 1.29 is 28.8 Å². The maximum Gasteiger partial charge on any atom is 0.290 e. The van der Waals surface area contributed by atoms with Crippen LogP contribution in [-0.4, -0.2) is 81.4 Å². The molecule has 0 radical (unpaired) electrons. The van der Waals surface area contributed by atoms with Gasteiger partial charge in [0, 0.05) is 18.9 Å². The van der Waals surface area contributed by atoms with Crippen LogP contribution in [0, 0.1) is 17.3 Å². The first-order chi connectivity index (χ1) is 22.8. The maximum atomic E-state index is 14.2. The van der Waals surface area contributed by atoms with E-state index in [0.29, 0.717) is 13.0 Å². The number of carbonyl (C=O) groups excluding carboxylic acids is 6. The molecule has 2 aromatic rings.